The van der Waals surface area contributed by atoms with Crippen molar-refractivity contribution in [1.82, 2.24) is 0 Å². The summed E-state index contributed by atoms with van der Waals surface area (Å²) >= 11 is 0. The summed E-state index contributed by atoms with van der Waals surface area (Å²) in [5.41, 5.74) is -1.07. The van der Waals surface area contributed by atoms with E-state index in [1.54, 1.807) is 0 Å². The Bertz CT molecular complexity index is 139. The van der Waals surface area contributed by atoms with Crippen LogP contribution in [0.25, 0.3) is 0 Å². The lowest BCUT2D eigenvalue weighted by molar-refractivity contribution is -0.125. The zero-order chi connectivity index (χ0) is 11.7. The summed E-state index contributed by atoms with van der Waals surface area (Å²) in [7, 11) is 0. The molecule has 0 fully saturated rings. The first-order chi connectivity index (χ1) is 7.06. The van der Waals surface area contributed by atoms with E-state index in [2.05, 4.69) is 0 Å². The Morgan fingerprint density at radius 2 is 1.40 bits per heavy atom. The van der Waals surface area contributed by atoms with Crippen LogP contribution in [0.2, 0.25) is 0 Å². The predicted octanol–water partition coefficient (Wildman–Crippen LogP) is -0.609. The first-order valence-electron chi connectivity index (χ1n) is 5.16. The highest BCUT2D eigenvalue weighted by Gasteiger charge is 2.31. The Balaban J connectivity index is 3.95. The molecular weight excluding hydrogens is 200 g/mol. The van der Waals surface area contributed by atoms with Crippen LogP contribution >= 0.6 is 0 Å². The minimum atomic E-state index is -1.07. The van der Waals surface area contributed by atoms with Gasteiger partial charge in [-0.2, -0.15) is 0 Å². The Labute approximate surface area is 90.6 Å². The lowest BCUT2D eigenvalue weighted by Crippen LogP contribution is -2.45. The van der Waals surface area contributed by atoms with Crippen LogP contribution in [0.5, 0.6) is 0 Å². The Hall–Kier alpha value is -0.200. The summed E-state index contributed by atoms with van der Waals surface area (Å²) in [6, 6.07) is 0. The molecule has 0 spiro atoms. The van der Waals surface area contributed by atoms with Crippen LogP contribution in [0, 0.1) is 5.92 Å². The third-order valence-electron chi connectivity index (χ3n) is 2.25. The molecule has 0 aromatic heterocycles. The minimum Gasteiger partial charge on any atom is -0.394 e. The normalized spacial score (nSPS) is 12.4. The molecule has 0 aliphatic carbocycles. The van der Waals surface area contributed by atoms with Gasteiger partial charge in [0.05, 0.1) is 39.6 Å². The van der Waals surface area contributed by atoms with Crippen molar-refractivity contribution < 1.29 is 24.8 Å². The largest absolute Gasteiger partial charge is 0.394 e. The lowest BCUT2D eigenvalue weighted by atomic mass is 9.92. The molecule has 0 rings (SSSR count). The van der Waals surface area contributed by atoms with Gasteiger partial charge >= 0.3 is 0 Å². The summed E-state index contributed by atoms with van der Waals surface area (Å²) in [5, 5.41) is 27.2. The molecule has 3 N–H and O–H groups in total. The Morgan fingerprint density at radius 3 is 1.67 bits per heavy atom. The van der Waals surface area contributed by atoms with Crippen molar-refractivity contribution in [2.24, 2.45) is 5.92 Å². The molecule has 0 aliphatic rings. The second kappa shape index (κ2) is 8.01. The van der Waals surface area contributed by atoms with Gasteiger partial charge in [0.1, 0.15) is 5.60 Å². The molecular formula is C10H22O5. The average molecular weight is 222 g/mol. The zero-order valence-electron chi connectivity index (χ0n) is 9.48. The second-order valence-electron chi connectivity index (χ2n) is 3.81. The maximum atomic E-state index is 10.1. The van der Waals surface area contributed by atoms with Gasteiger partial charge in [-0.1, -0.05) is 13.8 Å². The maximum absolute atomic E-state index is 10.1. The molecule has 5 heteroatoms. The third kappa shape index (κ3) is 6.06. The molecule has 0 aromatic carbocycles. The van der Waals surface area contributed by atoms with E-state index >= 15 is 0 Å². The van der Waals surface area contributed by atoms with Gasteiger partial charge in [0.15, 0.2) is 0 Å². The van der Waals surface area contributed by atoms with Gasteiger partial charge in [-0.25, -0.2) is 0 Å². The molecule has 0 aliphatic heterocycles. The molecule has 0 saturated heterocycles. The zero-order valence-corrected chi connectivity index (χ0v) is 9.48. The van der Waals surface area contributed by atoms with Gasteiger partial charge in [-0.05, 0) is 5.92 Å². The molecule has 0 unspecified atom stereocenters. The fourth-order valence-electron chi connectivity index (χ4n) is 1.00. The minimum absolute atomic E-state index is 0.0186. The van der Waals surface area contributed by atoms with Crippen LogP contribution in [0.1, 0.15) is 13.8 Å². The fourth-order valence-corrected chi connectivity index (χ4v) is 1.00. The third-order valence-corrected chi connectivity index (χ3v) is 2.25. The molecule has 0 saturated carbocycles. The van der Waals surface area contributed by atoms with Crippen LogP contribution in [0.3, 0.4) is 0 Å². The van der Waals surface area contributed by atoms with Crippen molar-refractivity contribution in [1.29, 1.82) is 0 Å². The quantitative estimate of drug-likeness (QED) is 0.454. The highest BCUT2D eigenvalue weighted by Crippen LogP contribution is 2.18. The monoisotopic (exact) mass is 222 g/mol. The number of rotatable bonds is 9. The van der Waals surface area contributed by atoms with Crippen molar-refractivity contribution in [3.05, 3.63) is 0 Å². The molecule has 92 valence electrons. The fraction of sp³-hybridized carbons (Fsp3) is 1.00. The molecule has 15 heavy (non-hydrogen) atoms. The highest BCUT2D eigenvalue weighted by molar-refractivity contribution is 4.81. The van der Waals surface area contributed by atoms with Crippen LogP contribution in [-0.2, 0) is 9.47 Å². The standard InChI is InChI=1S/C10H22O5/c1-9(2)10(13,7-14-5-3-11)8-15-6-4-12/h9,11-13H,3-8H2,1-2H3. The van der Waals surface area contributed by atoms with E-state index in [0.29, 0.717) is 0 Å². The molecule has 0 aromatic rings. The molecule has 0 heterocycles. The highest BCUT2D eigenvalue weighted by atomic mass is 16.5. The van der Waals surface area contributed by atoms with Crippen LogP contribution in [0.15, 0.2) is 0 Å². The van der Waals surface area contributed by atoms with E-state index in [-0.39, 0.29) is 45.6 Å². The van der Waals surface area contributed by atoms with Crippen molar-refractivity contribution in [2.45, 2.75) is 19.4 Å². The lowest BCUT2D eigenvalue weighted by Gasteiger charge is -2.31. The van der Waals surface area contributed by atoms with Crippen molar-refractivity contribution in [3.8, 4) is 0 Å². The molecule has 5 nitrogen and oxygen atoms in total. The second-order valence-corrected chi connectivity index (χ2v) is 3.81. The topological polar surface area (TPSA) is 79.2 Å². The van der Waals surface area contributed by atoms with Crippen molar-refractivity contribution in [2.75, 3.05) is 39.6 Å². The van der Waals surface area contributed by atoms with E-state index in [1.165, 1.54) is 0 Å². The molecule has 0 atom stereocenters. The Kier molecular flexibility index (Phi) is 7.90. The first kappa shape index (κ1) is 14.8. The summed E-state index contributed by atoms with van der Waals surface area (Å²) in [4.78, 5) is 0. The molecule has 0 radical (unpaired) electrons. The van der Waals surface area contributed by atoms with Gasteiger partial charge in [-0.15, -0.1) is 0 Å². The molecule has 0 amide bonds. The summed E-state index contributed by atoms with van der Waals surface area (Å²) in [6.45, 7) is 4.25. The summed E-state index contributed by atoms with van der Waals surface area (Å²) in [5.74, 6) is -0.0186. The van der Waals surface area contributed by atoms with Crippen molar-refractivity contribution >= 4 is 0 Å². The van der Waals surface area contributed by atoms with E-state index in [0.717, 1.165) is 0 Å². The van der Waals surface area contributed by atoms with E-state index in [4.69, 9.17) is 19.7 Å². The van der Waals surface area contributed by atoms with Gasteiger partial charge in [0.25, 0.3) is 0 Å². The van der Waals surface area contributed by atoms with Crippen LogP contribution in [-0.4, -0.2) is 60.6 Å². The van der Waals surface area contributed by atoms with Crippen molar-refractivity contribution in [3.63, 3.8) is 0 Å². The predicted molar refractivity (Wildman–Crippen MR) is 55.6 cm³/mol. The van der Waals surface area contributed by atoms with Gasteiger partial charge in [0, 0.05) is 0 Å². The van der Waals surface area contributed by atoms with Gasteiger partial charge < -0.3 is 24.8 Å². The van der Waals surface area contributed by atoms with Gasteiger partial charge in [0.2, 0.25) is 0 Å². The SMILES string of the molecule is CC(C)C(O)(COCCO)COCCO. The number of aliphatic hydroxyl groups excluding tert-OH is 2. The maximum Gasteiger partial charge on any atom is 0.113 e. The van der Waals surface area contributed by atoms with Crippen LogP contribution < -0.4 is 0 Å². The van der Waals surface area contributed by atoms with Gasteiger partial charge in [-0.3, -0.25) is 0 Å². The number of hydrogen-bond acceptors (Lipinski definition) is 5. The Morgan fingerprint density at radius 1 is 1.00 bits per heavy atom. The number of aliphatic hydroxyl groups is 3. The number of hydrogen-bond donors (Lipinski definition) is 3. The average Bonchev–Trinajstić information content (AvgIpc) is 2.18. The first-order valence-corrected chi connectivity index (χ1v) is 5.16. The smallest absolute Gasteiger partial charge is 0.113 e. The summed E-state index contributed by atoms with van der Waals surface area (Å²) < 4.78 is 10.2. The van der Waals surface area contributed by atoms with Crippen LogP contribution in [0.4, 0.5) is 0 Å². The van der Waals surface area contributed by atoms with E-state index in [1.807, 2.05) is 13.8 Å². The summed E-state index contributed by atoms with van der Waals surface area (Å²) in [6.07, 6.45) is 0. The van der Waals surface area contributed by atoms with E-state index in [9.17, 15) is 5.11 Å². The number of ether oxygens (including phenoxy) is 2. The van der Waals surface area contributed by atoms with E-state index < -0.39 is 5.60 Å². The molecule has 0 bridgehead atoms.